The summed E-state index contributed by atoms with van der Waals surface area (Å²) in [5.74, 6) is -0.332. The molecule has 0 amide bonds. The smallest absolute Gasteiger partial charge is 0.333 e. The minimum atomic E-state index is -0.680. The predicted molar refractivity (Wildman–Crippen MR) is 98.7 cm³/mol. The van der Waals surface area contributed by atoms with Gasteiger partial charge in [-0.1, -0.05) is 0 Å². The Labute approximate surface area is 152 Å². The van der Waals surface area contributed by atoms with Crippen molar-refractivity contribution < 1.29 is 9.13 Å². The number of hydrogen-bond donors (Lipinski definition) is 2. The number of fused-ring (bicyclic) bond motifs is 1. The van der Waals surface area contributed by atoms with E-state index >= 15 is 0 Å². The van der Waals surface area contributed by atoms with Crippen molar-refractivity contribution in [3.8, 4) is 16.2 Å². The second kappa shape index (κ2) is 6.07. The van der Waals surface area contributed by atoms with Crippen LogP contribution in [0.15, 0.2) is 27.2 Å². The van der Waals surface area contributed by atoms with Gasteiger partial charge in [0.2, 0.25) is 0 Å². The first-order valence-electron chi connectivity index (χ1n) is 8.31. The Morgan fingerprint density at radius 1 is 1.42 bits per heavy atom. The van der Waals surface area contributed by atoms with Crippen molar-refractivity contribution in [1.82, 2.24) is 9.38 Å². The van der Waals surface area contributed by atoms with Gasteiger partial charge >= 0.3 is 5.69 Å². The van der Waals surface area contributed by atoms with Crippen LogP contribution in [0, 0.1) is 5.82 Å². The van der Waals surface area contributed by atoms with E-state index in [1.54, 1.807) is 0 Å². The van der Waals surface area contributed by atoms with Crippen molar-refractivity contribution in [2.45, 2.75) is 31.7 Å². The first kappa shape index (κ1) is 17.0. The summed E-state index contributed by atoms with van der Waals surface area (Å²) in [7, 11) is 1.42. The summed E-state index contributed by atoms with van der Waals surface area (Å²) in [6.45, 7) is 1.85. The van der Waals surface area contributed by atoms with Crippen LogP contribution in [0.4, 0.5) is 4.39 Å². The maximum absolute atomic E-state index is 14.9. The zero-order valence-corrected chi connectivity index (χ0v) is 15.2. The maximum atomic E-state index is 14.9. The van der Waals surface area contributed by atoms with Gasteiger partial charge in [0.25, 0.3) is 5.56 Å². The van der Waals surface area contributed by atoms with Gasteiger partial charge in [-0.15, -0.1) is 11.3 Å². The lowest BCUT2D eigenvalue weighted by Crippen LogP contribution is -2.29. The van der Waals surface area contributed by atoms with E-state index in [0.29, 0.717) is 16.0 Å². The molecule has 1 fully saturated rings. The molecule has 136 valence electrons. The zero-order valence-electron chi connectivity index (χ0n) is 14.3. The second-order valence-electron chi connectivity index (χ2n) is 6.58. The number of aromatic amines is 1. The number of pyridine rings is 1. The number of nitrogens with zero attached hydrogens (tertiary/aromatic N) is 1. The number of thiophene rings is 1. The van der Waals surface area contributed by atoms with Gasteiger partial charge in [-0.25, -0.2) is 9.18 Å². The highest BCUT2D eigenvalue weighted by Crippen LogP contribution is 2.45. The third-order valence-corrected chi connectivity index (χ3v) is 5.65. The molecule has 1 aliphatic rings. The molecular formula is C18H18FN3O3S. The molecule has 0 saturated heterocycles. The number of halogens is 1. The van der Waals surface area contributed by atoms with Crippen molar-refractivity contribution in [3.05, 3.63) is 55.4 Å². The van der Waals surface area contributed by atoms with Crippen LogP contribution in [0.2, 0.25) is 0 Å². The lowest BCUT2D eigenvalue weighted by Gasteiger charge is -2.15. The summed E-state index contributed by atoms with van der Waals surface area (Å²) in [6.07, 6.45) is 2.84. The fraction of sp³-hybridized carbons (Fsp3) is 0.333. The molecule has 8 heteroatoms. The van der Waals surface area contributed by atoms with E-state index < -0.39 is 17.1 Å². The molecule has 3 heterocycles. The summed E-state index contributed by atoms with van der Waals surface area (Å²) in [6, 6.07) is 1.64. The molecule has 3 aromatic heterocycles. The van der Waals surface area contributed by atoms with Crippen LogP contribution >= 0.6 is 11.3 Å². The van der Waals surface area contributed by atoms with Gasteiger partial charge in [-0.3, -0.25) is 14.2 Å². The molecule has 0 aromatic carbocycles. The molecule has 1 atom stereocenters. The molecule has 3 N–H and O–H groups in total. The Morgan fingerprint density at radius 3 is 2.73 bits per heavy atom. The number of methoxy groups -OCH3 is 1. The van der Waals surface area contributed by atoms with E-state index in [1.807, 2.05) is 18.4 Å². The predicted octanol–water partition coefficient (Wildman–Crippen LogP) is 2.76. The Morgan fingerprint density at radius 2 is 2.15 bits per heavy atom. The number of nitrogens with one attached hydrogen (secondary N) is 1. The molecule has 4 rings (SSSR count). The minimum Gasteiger partial charge on any atom is -0.494 e. The fourth-order valence-corrected chi connectivity index (χ4v) is 4.28. The second-order valence-corrected chi connectivity index (χ2v) is 7.50. The van der Waals surface area contributed by atoms with Crippen molar-refractivity contribution in [2.75, 3.05) is 7.11 Å². The number of H-pyrrole nitrogens is 1. The molecule has 26 heavy (non-hydrogen) atoms. The molecule has 0 radical (unpaired) electrons. The van der Waals surface area contributed by atoms with Crippen molar-refractivity contribution in [3.63, 3.8) is 0 Å². The summed E-state index contributed by atoms with van der Waals surface area (Å²) in [5.41, 5.74) is 6.75. The Kier molecular flexibility index (Phi) is 3.96. The third kappa shape index (κ3) is 2.57. The van der Waals surface area contributed by atoms with Gasteiger partial charge in [0, 0.05) is 16.5 Å². The highest BCUT2D eigenvalue weighted by atomic mass is 32.1. The highest BCUT2D eigenvalue weighted by molar-refractivity contribution is 7.13. The Balaban J connectivity index is 2.11. The first-order valence-corrected chi connectivity index (χ1v) is 9.19. The van der Waals surface area contributed by atoms with Crippen LogP contribution in [-0.2, 0) is 0 Å². The van der Waals surface area contributed by atoms with Crippen LogP contribution < -0.4 is 21.7 Å². The Hall–Kier alpha value is -2.45. The number of hydrogen-bond acceptors (Lipinski definition) is 5. The van der Waals surface area contributed by atoms with Crippen LogP contribution in [-0.4, -0.2) is 16.5 Å². The molecule has 1 aliphatic carbocycles. The average Bonchev–Trinajstić information content (AvgIpc) is 3.29. The van der Waals surface area contributed by atoms with E-state index in [0.717, 1.165) is 29.0 Å². The number of aromatic nitrogens is 2. The van der Waals surface area contributed by atoms with Gasteiger partial charge in [0.1, 0.15) is 5.52 Å². The van der Waals surface area contributed by atoms with E-state index in [4.69, 9.17) is 10.5 Å². The van der Waals surface area contributed by atoms with Crippen LogP contribution in [0.25, 0.3) is 16.0 Å². The quantitative estimate of drug-likeness (QED) is 0.734. The average molecular weight is 375 g/mol. The first-order chi connectivity index (χ1) is 12.4. The molecular weight excluding hydrogens is 357 g/mol. The van der Waals surface area contributed by atoms with E-state index in [9.17, 15) is 14.0 Å². The van der Waals surface area contributed by atoms with E-state index in [2.05, 4.69) is 4.98 Å². The largest absolute Gasteiger partial charge is 0.494 e. The molecule has 3 aromatic rings. The Bertz CT molecular complexity index is 1130. The van der Waals surface area contributed by atoms with Gasteiger partial charge in [0.05, 0.1) is 18.9 Å². The van der Waals surface area contributed by atoms with Gasteiger partial charge in [-0.2, -0.15) is 0 Å². The molecule has 0 aliphatic heterocycles. The van der Waals surface area contributed by atoms with Crippen LogP contribution in [0.5, 0.6) is 5.75 Å². The minimum absolute atomic E-state index is 0.0597. The van der Waals surface area contributed by atoms with E-state index in [1.165, 1.54) is 18.4 Å². The SMILES string of the molecule is COc1c(-c2cc(C(C)N)cs2)c(F)cn2c(=O)[nH]c(=O)c(C3CC3)c12. The third-order valence-electron chi connectivity index (χ3n) is 4.68. The molecule has 6 nitrogen and oxygen atoms in total. The monoisotopic (exact) mass is 375 g/mol. The lowest BCUT2D eigenvalue weighted by molar-refractivity contribution is 0.415. The van der Waals surface area contributed by atoms with Crippen molar-refractivity contribution in [2.24, 2.45) is 5.73 Å². The van der Waals surface area contributed by atoms with Crippen molar-refractivity contribution >= 4 is 16.9 Å². The summed E-state index contributed by atoms with van der Waals surface area (Å²) < 4.78 is 21.6. The van der Waals surface area contributed by atoms with Crippen LogP contribution in [0.3, 0.4) is 0 Å². The molecule has 1 unspecified atom stereocenters. The highest BCUT2D eigenvalue weighted by Gasteiger charge is 2.32. The molecule has 0 spiro atoms. The normalized spacial score (nSPS) is 15.4. The van der Waals surface area contributed by atoms with Gasteiger partial charge in [-0.05, 0) is 42.7 Å². The number of rotatable bonds is 4. The van der Waals surface area contributed by atoms with Gasteiger partial charge < -0.3 is 10.5 Å². The molecule has 0 bridgehead atoms. The summed E-state index contributed by atoms with van der Waals surface area (Å²) >= 11 is 1.35. The fourth-order valence-electron chi connectivity index (χ4n) is 3.22. The number of ether oxygens (including phenoxy) is 1. The maximum Gasteiger partial charge on any atom is 0.333 e. The zero-order chi connectivity index (χ0) is 18.6. The molecule has 1 saturated carbocycles. The number of nitrogens with two attached hydrogens (primary N) is 1. The summed E-state index contributed by atoms with van der Waals surface area (Å²) in [4.78, 5) is 27.5. The topological polar surface area (TPSA) is 89.6 Å². The lowest BCUT2D eigenvalue weighted by atomic mass is 10.1. The van der Waals surface area contributed by atoms with Crippen LogP contribution in [0.1, 0.15) is 42.9 Å². The standard InChI is InChI=1S/C18H18FN3O3S/c1-8(20)10-5-12(26-7-10)14-11(19)6-22-15(16(14)25-2)13(9-3-4-9)17(23)21-18(22)24/h5-9H,3-4,20H2,1-2H3,(H,21,23,24). The van der Waals surface area contributed by atoms with E-state index in [-0.39, 0.29) is 23.3 Å². The summed E-state index contributed by atoms with van der Waals surface area (Å²) in [5, 5.41) is 1.87. The van der Waals surface area contributed by atoms with Crippen molar-refractivity contribution in [1.29, 1.82) is 0 Å². The van der Waals surface area contributed by atoms with Gasteiger partial charge in [0.15, 0.2) is 11.6 Å².